The third-order valence-corrected chi connectivity index (χ3v) is 4.82. The summed E-state index contributed by atoms with van der Waals surface area (Å²) in [4.78, 5) is 23.1. The van der Waals surface area contributed by atoms with E-state index in [1.54, 1.807) is 13.0 Å². The zero-order valence-corrected chi connectivity index (χ0v) is 15.3. The predicted octanol–water partition coefficient (Wildman–Crippen LogP) is 3.95. The average molecular weight is 364 g/mol. The summed E-state index contributed by atoms with van der Waals surface area (Å²) in [6.07, 6.45) is 9.11. The van der Waals surface area contributed by atoms with Crippen LogP contribution in [0.1, 0.15) is 31.4 Å². The number of hydrogen-bond donors (Lipinski definition) is 0. The van der Waals surface area contributed by atoms with Crippen molar-refractivity contribution in [2.45, 2.75) is 32.8 Å². The molecule has 1 aromatic heterocycles. The SMILES string of the molecule is CC1=CC(C/C(C)=C\COc2c3c(cc4ccc(=O)oc24)C=CC3)OC1=O. The summed E-state index contributed by atoms with van der Waals surface area (Å²) in [5.74, 6) is 0.371. The molecule has 0 N–H and O–H groups in total. The van der Waals surface area contributed by atoms with Crippen molar-refractivity contribution in [1.29, 1.82) is 0 Å². The summed E-state index contributed by atoms with van der Waals surface area (Å²) >= 11 is 0. The molecule has 5 heteroatoms. The number of benzene rings is 1. The highest BCUT2D eigenvalue weighted by atomic mass is 16.5. The summed E-state index contributed by atoms with van der Waals surface area (Å²) in [6, 6.07) is 5.18. The first-order valence-electron chi connectivity index (χ1n) is 8.95. The van der Waals surface area contributed by atoms with Crippen molar-refractivity contribution in [3.8, 4) is 5.75 Å². The number of ether oxygens (including phenoxy) is 2. The number of allylic oxidation sites excluding steroid dienone is 1. The summed E-state index contributed by atoms with van der Waals surface area (Å²) in [5.41, 5.74) is 3.93. The topological polar surface area (TPSA) is 65.7 Å². The monoisotopic (exact) mass is 364 g/mol. The van der Waals surface area contributed by atoms with Gasteiger partial charge in [-0.15, -0.1) is 0 Å². The Hall–Kier alpha value is -3.08. The van der Waals surface area contributed by atoms with Crippen molar-refractivity contribution in [3.63, 3.8) is 0 Å². The van der Waals surface area contributed by atoms with Crippen LogP contribution in [0.4, 0.5) is 0 Å². The van der Waals surface area contributed by atoms with Gasteiger partial charge in [-0.1, -0.05) is 17.7 Å². The number of fused-ring (bicyclic) bond motifs is 2. The fourth-order valence-corrected chi connectivity index (χ4v) is 3.44. The van der Waals surface area contributed by atoms with E-state index in [0.717, 1.165) is 28.5 Å². The van der Waals surface area contributed by atoms with Crippen LogP contribution in [0.3, 0.4) is 0 Å². The quantitative estimate of drug-likeness (QED) is 0.457. The number of hydrogen-bond acceptors (Lipinski definition) is 5. The molecule has 0 bridgehead atoms. The second-order valence-corrected chi connectivity index (χ2v) is 6.91. The fraction of sp³-hybridized carbons (Fsp3) is 0.273. The van der Waals surface area contributed by atoms with Crippen molar-refractivity contribution in [2.24, 2.45) is 0 Å². The number of cyclic esters (lactones) is 1. The Bertz CT molecular complexity index is 1070. The zero-order chi connectivity index (χ0) is 19.0. The molecule has 138 valence electrons. The summed E-state index contributed by atoms with van der Waals surface area (Å²) in [7, 11) is 0. The van der Waals surface area contributed by atoms with Gasteiger partial charge >= 0.3 is 11.6 Å². The Labute approximate surface area is 156 Å². The molecule has 0 amide bonds. The first-order valence-corrected chi connectivity index (χ1v) is 8.95. The van der Waals surface area contributed by atoms with E-state index < -0.39 is 5.63 Å². The van der Waals surface area contributed by atoms with Crippen LogP contribution in [-0.4, -0.2) is 18.7 Å². The van der Waals surface area contributed by atoms with Crippen LogP contribution < -0.4 is 10.4 Å². The molecule has 0 fully saturated rings. The van der Waals surface area contributed by atoms with Gasteiger partial charge in [0.15, 0.2) is 11.3 Å². The number of carbonyl (C=O) groups is 1. The van der Waals surface area contributed by atoms with Gasteiger partial charge in [-0.3, -0.25) is 0 Å². The molecule has 0 spiro atoms. The van der Waals surface area contributed by atoms with E-state index in [0.29, 0.717) is 29.9 Å². The molecule has 0 saturated heterocycles. The van der Waals surface area contributed by atoms with E-state index in [1.165, 1.54) is 6.07 Å². The Morgan fingerprint density at radius 3 is 2.96 bits per heavy atom. The van der Waals surface area contributed by atoms with Crippen molar-refractivity contribution >= 4 is 23.0 Å². The van der Waals surface area contributed by atoms with Crippen LogP contribution in [0.25, 0.3) is 17.0 Å². The minimum Gasteiger partial charge on any atom is -0.485 e. The summed E-state index contributed by atoms with van der Waals surface area (Å²) in [6.45, 7) is 4.08. The third kappa shape index (κ3) is 3.45. The van der Waals surface area contributed by atoms with E-state index in [9.17, 15) is 9.59 Å². The third-order valence-electron chi connectivity index (χ3n) is 4.82. The predicted molar refractivity (Wildman–Crippen MR) is 103 cm³/mol. The number of esters is 1. The van der Waals surface area contributed by atoms with Gasteiger partial charge < -0.3 is 13.9 Å². The second-order valence-electron chi connectivity index (χ2n) is 6.91. The van der Waals surface area contributed by atoms with E-state index in [-0.39, 0.29) is 12.1 Å². The van der Waals surface area contributed by atoms with Gasteiger partial charge in [0.2, 0.25) is 0 Å². The second kappa shape index (κ2) is 6.91. The van der Waals surface area contributed by atoms with Gasteiger partial charge in [-0.25, -0.2) is 9.59 Å². The summed E-state index contributed by atoms with van der Waals surface area (Å²) in [5, 5.41) is 0.842. The van der Waals surface area contributed by atoms with Crippen LogP contribution in [0.2, 0.25) is 0 Å². The minimum atomic E-state index is -0.393. The van der Waals surface area contributed by atoms with Crippen LogP contribution in [-0.2, 0) is 16.0 Å². The molecule has 2 aromatic rings. The first kappa shape index (κ1) is 17.3. The van der Waals surface area contributed by atoms with Gasteiger partial charge in [0.25, 0.3) is 0 Å². The standard InChI is InChI=1S/C22H20O5/c1-13(10-17-11-14(2)22(24)26-17)8-9-25-21-18-5-3-4-15(18)12-16-6-7-19(23)27-20(16)21/h3-4,6-8,11-12,17H,5,9-10H2,1-2H3/b13-8-. The molecule has 4 rings (SSSR count). The number of carbonyl (C=O) groups excluding carboxylic acids is 1. The molecular formula is C22H20O5. The van der Waals surface area contributed by atoms with Crippen LogP contribution in [0, 0.1) is 0 Å². The maximum Gasteiger partial charge on any atom is 0.336 e. The van der Waals surface area contributed by atoms with Crippen molar-refractivity contribution in [3.05, 3.63) is 69.1 Å². The first-order chi connectivity index (χ1) is 13.0. The van der Waals surface area contributed by atoms with E-state index >= 15 is 0 Å². The van der Waals surface area contributed by atoms with Crippen LogP contribution >= 0.6 is 0 Å². The lowest BCUT2D eigenvalue weighted by molar-refractivity contribution is -0.139. The van der Waals surface area contributed by atoms with Crippen LogP contribution in [0.5, 0.6) is 5.75 Å². The average Bonchev–Trinajstić information content (AvgIpc) is 3.21. The molecule has 1 aliphatic carbocycles. The molecule has 0 radical (unpaired) electrons. The Morgan fingerprint density at radius 2 is 2.19 bits per heavy atom. The zero-order valence-electron chi connectivity index (χ0n) is 15.3. The van der Waals surface area contributed by atoms with Gasteiger partial charge in [0.05, 0.1) is 0 Å². The fourth-order valence-electron chi connectivity index (χ4n) is 3.44. The molecular weight excluding hydrogens is 344 g/mol. The Kier molecular flexibility index (Phi) is 4.44. The molecule has 1 aliphatic heterocycles. The van der Waals surface area contributed by atoms with Crippen molar-refractivity contribution in [1.82, 2.24) is 0 Å². The lowest BCUT2D eigenvalue weighted by atomic mass is 10.1. The van der Waals surface area contributed by atoms with E-state index in [4.69, 9.17) is 13.9 Å². The van der Waals surface area contributed by atoms with Crippen LogP contribution in [0.15, 0.2) is 56.8 Å². The van der Waals surface area contributed by atoms with E-state index in [1.807, 2.05) is 25.1 Å². The van der Waals surface area contributed by atoms with Gasteiger partial charge in [0, 0.05) is 29.0 Å². The minimum absolute atomic E-state index is 0.210. The lowest BCUT2D eigenvalue weighted by Gasteiger charge is -2.13. The smallest absolute Gasteiger partial charge is 0.336 e. The van der Waals surface area contributed by atoms with Crippen molar-refractivity contribution in [2.75, 3.05) is 6.61 Å². The Balaban J connectivity index is 1.53. The van der Waals surface area contributed by atoms with Crippen molar-refractivity contribution < 1.29 is 18.7 Å². The largest absolute Gasteiger partial charge is 0.485 e. The highest BCUT2D eigenvalue weighted by Crippen LogP contribution is 2.36. The lowest BCUT2D eigenvalue weighted by Crippen LogP contribution is -2.09. The molecule has 0 saturated carbocycles. The maximum absolute atomic E-state index is 11.7. The molecule has 1 unspecified atom stereocenters. The molecule has 1 atom stereocenters. The van der Waals surface area contributed by atoms with Gasteiger partial charge in [-0.05, 0) is 50.1 Å². The number of rotatable bonds is 5. The normalized spacial score (nSPS) is 18.6. The summed E-state index contributed by atoms with van der Waals surface area (Å²) < 4.78 is 16.7. The molecule has 5 nitrogen and oxygen atoms in total. The van der Waals surface area contributed by atoms with E-state index in [2.05, 4.69) is 12.2 Å². The maximum atomic E-state index is 11.7. The highest BCUT2D eigenvalue weighted by Gasteiger charge is 2.22. The van der Waals surface area contributed by atoms with Gasteiger partial charge in [0.1, 0.15) is 12.7 Å². The Morgan fingerprint density at radius 1 is 1.33 bits per heavy atom. The highest BCUT2D eigenvalue weighted by molar-refractivity contribution is 5.90. The van der Waals surface area contributed by atoms with Gasteiger partial charge in [-0.2, -0.15) is 0 Å². The molecule has 2 aliphatic rings. The molecule has 27 heavy (non-hydrogen) atoms. The molecule has 2 heterocycles. The molecule has 1 aromatic carbocycles.